The van der Waals surface area contributed by atoms with Crippen LogP contribution in [0.15, 0.2) is 71.8 Å². The zero-order valence-corrected chi connectivity index (χ0v) is 20.6. The normalized spacial score (nSPS) is 11.2. The van der Waals surface area contributed by atoms with Gasteiger partial charge in [-0.25, -0.2) is 10.2 Å². The van der Waals surface area contributed by atoms with Crippen LogP contribution >= 0.6 is 0 Å². The maximum absolute atomic E-state index is 12.7. The molecule has 0 unspecified atom stereocenters. The molecule has 0 spiro atoms. The van der Waals surface area contributed by atoms with E-state index in [2.05, 4.69) is 31.3 Å². The number of methoxy groups -OCH3 is 1. The quantitative estimate of drug-likeness (QED) is 0.205. The van der Waals surface area contributed by atoms with Crippen LogP contribution < -0.4 is 19.6 Å². The van der Waals surface area contributed by atoms with Gasteiger partial charge in [0.1, 0.15) is 11.3 Å². The first-order valence-electron chi connectivity index (χ1n) is 11.3. The number of amides is 1. The number of hydrogen-bond acceptors (Lipinski definition) is 6. The van der Waals surface area contributed by atoms with Gasteiger partial charge in [0, 0.05) is 5.56 Å². The molecule has 7 heteroatoms. The molecule has 0 bridgehead atoms. The van der Waals surface area contributed by atoms with E-state index >= 15 is 0 Å². The molecule has 3 aromatic rings. The lowest BCUT2D eigenvalue weighted by Crippen LogP contribution is -2.18. The first-order chi connectivity index (χ1) is 16.7. The number of nitrogens with one attached hydrogen (secondary N) is 1. The Labute approximate surface area is 205 Å². The van der Waals surface area contributed by atoms with E-state index in [1.165, 1.54) is 13.3 Å². The number of carbonyl (C=O) groups is 2. The van der Waals surface area contributed by atoms with E-state index in [1.54, 1.807) is 54.6 Å². The van der Waals surface area contributed by atoms with Gasteiger partial charge >= 0.3 is 5.97 Å². The Morgan fingerprint density at radius 2 is 1.66 bits per heavy atom. The van der Waals surface area contributed by atoms with Crippen molar-refractivity contribution in [1.29, 1.82) is 0 Å². The molecule has 182 valence electrons. The molecule has 35 heavy (non-hydrogen) atoms. The van der Waals surface area contributed by atoms with Crippen LogP contribution in [0.4, 0.5) is 0 Å². The molecule has 1 amide bonds. The minimum atomic E-state index is -0.561. The summed E-state index contributed by atoms with van der Waals surface area (Å²) in [6.45, 7) is 8.56. The first kappa shape index (κ1) is 25.5. The molecule has 0 fully saturated rings. The third kappa shape index (κ3) is 6.69. The molecular weight excluding hydrogens is 444 g/mol. The molecule has 0 radical (unpaired) electrons. The third-order valence-corrected chi connectivity index (χ3v) is 5.19. The summed E-state index contributed by atoms with van der Waals surface area (Å²) in [5.41, 5.74) is 5.17. The van der Waals surface area contributed by atoms with Gasteiger partial charge in [-0.1, -0.05) is 45.0 Å². The summed E-state index contributed by atoms with van der Waals surface area (Å²) >= 11 is 0. The van der Waals surface area contributed by atoms with Crippen molar-refractivity contribution in [2.75, 3.05) is 13.7 Å². The number of carbonyl (C=O) groups excluding carboxylic acids is 2. The summed E-state index contributed by atoms with van der Waals surface area (Å²) in [6.07, 6.45) is 1.50. The number of nitrogens with zero attached hydrogens (tertiary/aromatic N) is 1. The fraction of sp³-hybridized carbons (Fsp3) is 0.250. The molecule has 0 aliphatic rings. The van der Waals surface area contributed by atoms with E-state index in [0.29, 0.717) is 34.8 Å². The van der Waals surface area contributed by atoms with Crippen molar-refractivity contribution in [2.45, 2.75) is 33.1 Å². The van der Waals surface area contributed by atoms with Crippen molar-refractivity contribution in [3.63, 3.8) is 0 Å². The highest BCUT2D eigenvalue weighted by molar-refractivity contribution is 5.95. The highest BCUT2D eigenvalue weighted by Crippen LogP contribution is 2.30. The van der Waals surface area contributed by atoms with E-state index in [9.17, 15) is 9.59 Å². The molecule has 3 aromatic carbocycles. The van der Waals surface area contributed by atoms with E-state index in [0.717, 1.165) is 5.56 Å². The van der Waals surface area contributed by atoms with Gasteiger partial charge in [-0.3, -0.25) is 4.79 Å². The van der Waals surface area contributed by atoms with Crippen LogP contribution in [0.25, 0.3) is 0 Å². The van der Waals surface area contributed by atoms with Gasteiger partial charge in [-0.05, 0) is 65.9 Å². The van der Waals surface area contributed by atoms with Crippen LogP contribution in [0.1, 0.15) is 59.5 Å². The Morgan fingerprint density at radius 3 is 2.31 bits per heavy atom. The number of para-hydroxylation sites is 1. The summed E-state index contributed by atoms with van der Waals surface area (Å²) < 4.78 is 16.4. The van der Waals surface area contributed by atoms with Crippen LogP contribution in [0.3, 0.4) is 0 Å². The van der Waals surface area contributed by atoms with Crippen molar-refractivity contribution >= 4 is 18.1 Å². The summed E-state index contributed by atoms with van der Waals surface area (Å²) in [5, 5.41) is 4.05. The van der Waals surface area contributed by atoms with Crippen LogP contribution in [0.2, 0.25) is 0 Å². The van der Waals surface area contributed by atoms with Gasteiger partial charge < -0.3 is 14.2 Å². The lowest BCUT2D eigenvalue weighted by atomic mass is 9.87. The van der Waals surface area contributed by atoms with Gasteiger partial charge in [0.2, 0.25) is 0 Å². The van der Waals surface area contributed by atoms with Crippen LogP contribution in [-0.2, 0) is 5.41 Å². The topological polar surface area (TPSA) is 86.2 Å². The van der Waals surface area contributed by atoms with Crippen LogP contribution in [-0.4, -0.2) is 31.8 Å². The Balaban J connectivity index is 1.70. The number of hydrogen-bond donors (Lipinski definition) is 1. The smallest absolute Gasteiger partial charge is 0.347 e. The zero-order chi connectivity index (χ0) is 25.4. The number of benzene rings is 3. The SMILES string of the molecule is CCOc1cc(C=NNC(=O)c2ccc(C(C)(C)C)cc2)ccc1OC(=O)c1ccccc1OC. The van der Waals surface area contributed by atoms with Crippen molar-refractivity contribution in [3.8, 4) is 17.2 Å². The second-order valence-corrected chi connectivity index (χ2v) is 8.76. The number of rotatable bonds is 8. The van der Waals surface area contributed by atoms with E-state index in [1.807, 2.05) is 19.1 Å². The van der Waals surface area contributed by atoms with Crippen molar-refractivity contribution in [3.05, 3.63) is 89.0 Å². The van der Waals surface area contributed by atoms with Crippen LogP contribution in [0.5, 0.6) is 17.2 Å². The van der Waals surface area contributed by atoms with Crippen molar-refractivity contribution in [1.82, 2.24) is 5.43 Å². The molecule has 0 aromatic heterocycles. The predicted octanol–water partition coefficient (Wildman–Crippen LogP) is 5.37. The van der Waals surface area contributed by atoms with Gasteiger partial charge in [-0.2, -0.15) is 5.10 Å². The molecular formula is C28H30N2O5. The lowest BCUT2D eigenvalue weighted by molar-refractivity contribution is 0.0724. The molecule has 0 aliphatic carbocycles. The van der Waals surface area contributed by atoms with Gasteiger partial charge in [-0.15, -0.1) is 0 Å². The lowest BCUT2D eigenvalue weighted by Gasteiger charge is -2.18. The van der Waals surface area contributed by atoms with Gasteiger partial charge in [0.05, 0.1) is 19.9 Å². The van der Waals surface area contributed by atoms with Gasteiger partial charge in [0.15, 0.2) is 11.5 Å². The molecule has 0 atom stereocenters. The molecule has 0 heterocycles. The van der Waals surface area contributed by atoms with E-state index < -0.39 is 5.97 Å². The molecule has 0 aliphatic heterocycles. The Bertz CT molecular complexity index is 1210. The maximum atomic E-state index is 12.7. The summed E-state index contributed by atoms with van der Waals surface area (Å²) in [7, 11) is 1.49. The Morgan fingerprint density at radius 1 is 0.943 bits per heavy atom. The van der Waals surface area contributed by atoms with E-state index in [-0.39, 0.29) is 17.1 Å². The zero-order valence-electron chi connectivity index (χ0n) is 20.6. The minimum absolute atomic E-state index is 0.0130. The molecule has 3 rings (SSSR count). The van der Waals surface area contributed by atoms with Crippen molar-refractivity contribution in [2.24, 2.45) is 5.10 Å². The standard InChI is InChI=1S/C28H30N2O5/c1-6-34-25-17-19(11-16-24(25)35-27(32)22-9-7-8-10-23(22)33-5)18-29-30-26(31)20-12-14-21(15-13-20)28(2,3)4/h7-18H,6H2,1-5H3,(H,30,31). The number of ether oxygens (including phenoxy) is 3. The Hall–Kier alpha value is -4.13. The third-order valence-electron chi connectivity index (χ3n) is 5.19. The molecule has 7 nitrogen and oxygen atoms in total. The minimum Gasteiger partial charge on any atom is -0.496 e. The second-order valence-electron chi connectivity index (χ2n) is 8.76. The fourth-order valence-electron chi connectivity index (χ4n) is 3.28. The van der Waals surface area contributed by atoms with E-state index in [4.69, 9.17) is 14.2 Å². The highest BCUT2D eigenvalue weighted by atomic mass is 16.6. The summed E-state index contributed by atoms with van der Waals surface area (Å²) in [6, 6.07) is 19.3. The Kier molecular flexibility index (Phi) is 8.25. The first-order valence-corrected chi connectivity index (χ1v) is 11.3. The largest absolute Gasteiger partial charge is 0.496 e. The number of hydrazone groups is 1. The average Bonchev–Trinajstić information content (AvgIpc) is 2.85. The van der Waals surface area contributed by atoms with Crippen LogP contribution in [0, 0.1) is 0 Å². The average molecular weight is 475 g/mol. The molecule has 0 saturated heterocycles. The molecule has 0 saturated carbocycles. The molecule has 1 N–H and O–H groups in total. The highest BCUT2D eigenvalue weighted by Gasteiger charge is 2.17. The van der Waals surface area contributed by atoms with Crippen molar-refractivity contribution < 1.29 is 23.8 Å². The summed E-state index contributed by atoms with van der Waals surface area (Å²) in [4.78, 5) is 25.1. The monoisotopic (exact) mass is 474 g/mol. The summed E-state index contributed by atoms with van der Waals surface area (Å²) in [5.74, 6) is 0.193. The maximum Gasteiger partial charge on any atom is 0.347 e. The number of esters is 1. The van der Waals surface area contributed by atoms with Gasteiger partial charge in [0.25, 0.3) is 5.91 Å². The predicted molar refractivity (Wildman–Crippen MR) is 136 cm³/mol. The fourth-order valence-corrected chi connectivity index (χ4v) is 3.28. The second kappa shape index (κ2) is 11.3.